The number of primary sulfonamides is 1. The Morgan fingerprint density at radius 2 is 1.90 bits per heavy atom. The minimum atomic E-state index is -3.54. The minimum absolute atomic E-state index is 0.137. The fourth-order valence-corrected chi connectivity index (χ4v) is 2.50. The van der Waals surface area contributed by atoms with Crippen molar-refractivity contribution in [3.8, 4) is 0 Å². The molecule has 1 rings (SSSR count). The van der Waals surface area contributed by atoms with Crippen molar-refractivity contribution in [2.45, 2.75) is 38.0 Å². The van der Waals surface area contributed by atoms with Gasteiger partial charge in [0.15, 0.2) is 0 Å². The monoisotopic (exact) mass is 299 g/mol. The van der Waals surface area contributed by atoms with E-state index in [1.54, 1.807) is 24.3 Å². The highest BCUT2D eigenvalue weighted by molar-refractivity contribution is 7.88. The first kappa shape index (κ1) is 16.6. The lowest BCUT2D eigenvalue weighted by Crippen LogP contribution is -2.26. The van der Waals surface area contributed by atoms with Gasteiger partial charge in [0.1, 0.15) is 0 Å². The van der Waals surface area contributed by atoms with Crippen molar-refractivity contribution in [3.05, 3.63) is 29.8 Å². The Morgan fingerprint density at radius 3 is 2.40 bits per heavy atom. The summed E-state index contributed by atoms with van der Waals surface area (Å²) < 4.78 is 21.9. The summed E-state index contributed by atoms with van der Waals surface area (Å²) in [5.74, 6) is -0.368. The highest BCUT2D eigenvalue weighted by Crippen LogP contribution is 2.12. The van der Waals surface area contributed by atoms with E-state index in [0.29, 0.717) is 11.3 Å². The fourth-order valence-electron chi connectivity index (χ4n) is 1.84. The lowest BCUT2D eigenvalue weighted by molar-refractivity contribution is -0.116. The summed E-state index contributed by atoms with van der Waals surface area (Å²) in [6, 6.07) is 6.38. The molecule has 0 radical (unpaired) electrons. The number of rotatable bonds is 7. The van der Waals surface area contributed by atoms with Gasteiger partial charge in [-0.2, -0.15) is 0 Å². The largest absolute Gasteiger partial charge is 0.327 e. The number of sulfonamides is 1. The van der Waals surface area contributed by atoms with Gasteiger partial charge in [-0.1, -0.05) is 25.5 Å². The molecule has 0 spiro atoms. The van der Waals surface area contributed by atoms with Crippen LogP contribution >= 0.6 is 0 Å². The molecule has 0 fully saturated rings. The van der Waals surface area contributed by atoms with Crippen molar-refractivity contribution in [1.29, 1.82) is 0 Å². The molecule has 0 heterocycles. The summed E-state index contributed by atoms with van der Waals surface area (Å²) in [6.07, 6.45) is 2.02. The molecule has 0 aliphatic heterocycles. The van der Waals surface area contributed by atoms with E-state index in [4.69, 9.17) is 10.9 Å². The molecule has 0 saturated heterocycles. The predicted octanol–water partition coefficient (Wildman–Crippen LogP) is 0.931. The highest BCUT2D eigenvalue weighted by Gasteiger charge is 2.09. The summed E-state index contributed by atoms with van der Waals surface area (Å²) in [7, 11) is -3.54. The normalized spacial score (nSPS) is 12.9. The molecule has 0 aliphatic carbocycles. The highest BCUT2D eigenvalue weighted by atomic mass is 32.2. The van der Waals surface area contributed by atoms with Crippen LogP contribution in [0.15, 0.2) is 24.3 Å². The lowest BCUT2D eigenvalue weighted by Gasteiger charge is -2.10. The van der Waals surface area contributed by atoms with Crippen LogP contribution in [0.5, 0.6) is 0 Å². The summed E-state index contributed by atoms with van der Waals surface area (Å²) in [5.41, 5.74) is 6.98. The van der Waals surface area contributed by atoms with Crippen LogP contribution in [0, 0.1) is 0 Å². The van der Waals surface area contributed by atoms with E-state index in [1.165, 1.54) is 0 Å². The molecule has 1 amide bonds. The van der Waals surface area contributed by atoms with Gasteiger partial charge in [0.25, 0.3) is 0 Å². The van der Waals surface area contributed by atoms with E-state index in [9.17, 15) is 13.2 Å². The molecule has 5 N–H and O–H groups in total. The van der Waals surface area contributed by atoms with Crippen LogP contribution in [-0.4, -0.2) is 20.4 Å². The third-order valence-corrected chi connectivity index (χ3v) is 3.45. The standard InChI is InChI=1S/C13H21N3O3S/c1-2-3-11(14)8-13(17)16-12-6-4-10(5-7-12)9-20(15,18)19/h4-7,11H,2-3,8-9,14H2,1H3,(H,16,17)(H2,15,18,19). The van der Waals surface area contributed by atoms with Crippen LogP contribution in [-0.2, 0) is 20.6 Å². The summed E-state index contributed by atoms with van der Waals surface area (Å²) >= 11 is 0. The van der Waals surface area contributed by atoms with Gasteiger partial charge in [0, 0.05) is 18.2 Å². The first-order chi connectivity index (χ1) is 9.30. The van der Waals surface area contributed by atoms with Gasteiger partial charge in [-0.25, -0.2) is 13.6 Å². The molecule has 1 unspecified atom stereocenters. The van der Waals surface area contributed by atoms with Gasteiger partial charge in [0.05, 0.1) is 5.75 Å². The van der Waals surface area contributed by atoms with E-state index >= 15 is 0 Å². The Bertz CT molecular complexity index is 540. The predicted molar refractivity (Wildman–Crippen MR) is 79.4 cm³/mol. The average Bonchev–Trinajstić information content (AvgIpc) is 2.30. The zero-order valence-corrected chi connectivity index (χ0v) is 12.3. The van der Waals surface area contributed by atoms with Gasteiger partial charge >= 0.3 is 0 Å². The topological polar surface area (TPSA) is 115 Å². The van der Waals surface area contributed by atoms with Crippen molar-refractivity contribution in [3.63, 3.8) is 0 Å². The maximum Gasteiger partial charge on any atom is 0.225 e. The fraction of sp³-hybridized carbons (Fsp3) is 0.462. The Hall–Kier alpha value is -1.44. The number of amides is 1. The Balaban J connectivity index is 2.55. The molecular weight excluding hydrogens is 278 g/mol. The Morgan fingerprint density at radius 1 is 1.30 bits per heavy atom. The summed E-state index contributed by atoms with van der Waals surface area (Å²) in [5, 5.41) is 7.68. The average molecular weight is 299 g/mol. The lowest BCUT2D eigenvalue weighted by atomic mass is 10.1. The van der Waals surface area contributed by atoms with E-state index in [2.05, 4.69) is 5.32 Å². The molecule has 1 atom stereocenters. The van der Waals surface area contributed by atoms with Crippen LogP contribution in [0.3, 0.4) is 0 Å². The van der Waals surface area contributed by atoms with Crippen LogP contribution in [0.1, 0.15) is 31.7 Å². The second kappa shape index (κ2) is 7.37. The van der Waals surface area contributed by atoms with Gasteiger partial charge in [-0.05, 0) is 24.1 Å². The minimum Gasteiger partial charge on any atom is -0.327 e. The summed E-state index contributed by atoms with van der Waals surface area (Å²) in [6.45, 7) is 2.02. The quantitative estimate of drug-likeness (QED) is 0.694. The zero-order chi connectivity index (χ0) is 15.2. The molecule has 6 nitrogen and oxygen atoms in total. The van der Waals surface area contributed by atoms with Crippen LogP contribution in [0.4, 0.5) is 5.69 Å². The SMILES string of the molecule is CCCC(N)CC(=O)Nc1ccc(CS(N)(=O)=O)cc1. The van der Waals surface area contributed by atoms with Crippen molar-refractivity contribution in [2.24, 2.45) is 10.9 Å². The number of nitrogens with one attached hydrogen (secondary N) is 1. The molecule has 0 aliphatic rings. The third kappa shape index (κ3) is 6.65. The van der Waals surface area contributed by atoms with Gasteiger partial charge in [-0.15, -0.1) is 0 Å². The molecule has 0 aromatic heterocycles. The second-order valence-electron chi connectivity index (χ2n) is 4.81. The van der Waals surface area contributed by atoms with E-state index in [-0.39, 0.29) is 24.1 Å². The van der Waals surface area contributed by atoms with Crippen LogP contribution < -0.4 is 16.2 Å². The molecule has 20 heavy (non-hydrogen) atoms. The Labute approximate surface area is 119 Å². The summed E-state index contributed by atoms with van der Waals surface area (Å²) in [4.78, 5) is 11.7. The molecule has 1 aromatic rings. The Kier molecular flexibility index (Phi) is 6.12. The maximum absolute atomic E-state index is 11.7. The van der Waals surface area contributed by atoms with E-state index in [1.807, 2.05) is 6.92 Å². The van der Waals surface area contributed by atoms with Crippen molar-refractivity contribution >= 4 is 21.6 Å². The number of benzene rings is 1. The van der Waals surface area contributed by atoms with Crippen LogP contribution in [0.25, 0.3) is 0 Å². The van der Waals surface area contributed by atoms with Crippen molar-refractivity contribution < 1.29 is 13.2 Å². The number of hydrogen-bond acceptors (Lipinski definition) is 4. The number of hydrogen-bond donors (Lipinski definition) is 3. The van der Waals surface area contributed by atoms with Gasteiger partial charge in [0.2, 0.25) is 15.9 Å². The van der Waals surface area contributed by atoms with Crippen molar-refractivity contribution in [1.82, 2.24) is 0 Å². The smallest absolute Gasteiger partial charge is 0.225 e. The molecule has 0 bridgehead atoms. The van der Waals surface area contributed by atoms with Gasteiger partial charge in [-0.3, -0.25) is 4.79 Å². The van der Waals surface area contributed by atoms with Crippen molar-refractivity contribution in [2.75, 3.05) is 5.32 Å². The first-order valence-corrected chi connectivity index (χ1v) is 8.16. The molecular formula is C13H21N3O3S. The van der Waals surface area contributed by atoms with Gasteiger partial charge < -0.3 is 11.1 Å². The molecule has 7 heteroatoms. The molecule has 1 aromatic carbocycles. The maximum atomic E-state index is 11.7. The first-order valence-electron chi connectivity index (χ1n) is 6.45. The number of carbonyl (C=O) groups is 1. The third-order valence-electron chi connectivity index (χ3n) is 2.71. The van der Waals surface area contributed by atoms with E-state index < -0.39 is 10.0 Å². The molecule has 0 saturated carbocycles. The zero-order valence-electron chi connectivity index (χ0n) is 11.5. The van der Waals surface area contributed by atoms with Crippen LogP contribution in [0.2, 0.25) is 0 Å². The number of nitrogens with two attached hydrogens (primary N) is 2. The molecule has 112 valence electrons. The number of anilines is 1. The van der Waals surface area contributed by atoms with E-state index in [0.717, 1.165) is 12.8 Å². The number of carbonyl (C=O) groups excluding carboxylic acids is 1. The second-order valence-corrected chi connectivity index (χ2v) is 6.42.